The second-order valence-electron chi connectivity index (χ2n) is 5.35. The summed E-state index contributed by atoms with van der Waals surface area (Å²) in [6.07, 6.45) is 7.80. The Morgan fingerprint density at radius 2 is 1.76 bits per heavy atom. The molecule has 0 amide bonds. The predicted molar refractivity (Wildman–Crippen MR) is 76.3 cm³/mol. The lowest BCUT2D eigenvalue weighted by Crippen LogP contribution is -2.47. The van der Waals surface area contributed by atoms with Gasteiger partial charge in [0.05, 0.1) is 11.0 Å². The Hall–Kier alpha value is -0.190. The molecule has 2 N–H and O–H groups in total. The van der Waals surface area contributed by atoms with Crippen molar-refractivity contribution >= 4 is 17.2 Å². The van der Waals surface area contributed by atoms with Gasteiger partial charge < -0.3 is 10.6 Å². The zero-order chi connectivity index (χ0) is 12.1. The van der Waals surface area contributed by atoms with Crippen molar-refractivity contribution in [1.29, 1.82) is 0 Å². The lowest BCUT2D eigenvalue weighted by atomic mass is 10.0. The lowest BCUT2D eigenvalue weighted by molar-refractivity contribution is 0.181. The Labute approximate surface area is 110 Å². The number of nitrogens with two attached hydrogens (primary N) is 1. The zero-order valence-electron chi connectivity index (χ0n) is 10.7. The normalized spacial score (nSPS) is 27.4. The van der Waals surface area contributed by atoms with E-state index in [-0.39, 0.29) is 0 Å². The number of piperidine rings is 1. The van der Waals surface area contributed by atoms with Crippen molar-refractivity contribution in [2.45, 2.75) is 44.6 Å². The highest BCUT2D eigenvalue weighted by molar-refractivity contribution is 7.80. The third kappa shape index (κ3) is 3.90. The molecule has 1 unspecified atom stereocenters. The van der Waals surface area contributed by atoms with Gasteiger partial charge in [-0.25, -0.2) is 0 Å². The summed E-state index contributed by atoms with van der Waals surface area (Å²) in [5, 5.41) is 0. The molecule has 0 aliphatic carbocycles. The molecule has 98 valence electrons. The number of rotatable bonds is 5. The zero-order valence-corrected chi connectivity index (χ0v) is 11.6. The molecule has 2 aliphatic heterocycles. The van der Waals surface area contributed by atoms with Gasteiger partial charge in [0, 0.05) is 6.54 Å². The van der Waals surface area contributed by atoms with Crippen molar-refractivity contribution < 1.29 is 0 Å². The Bertz CT molecular complexity index is 251. The SMILES string of the molecule is NC(=S)C1CCCCN1CCCN1CCCC1. The number of nitrogens with zero attached hydrogens (tertiary/aromatic N) is 2. The number of thiocarbonyl (C=S) groups is 1. The monoisotopic (exact) mass is 255 g/mol. The molecule has 1 atom stereocenters. The van der Waals surface area contributed by atoms with Crippen LogP contribution in [0.3, 0.4) is 0 Å². The topological polar surface area (TPSA) is 32.5 Å². The minimum atomic E-state index is 0.373. The summed E-state index contributed by atoms with van der Waals surface area (Å²) in [5.74, 6) is 0. The molecule has 2 saturated heterocycles. The van der Waals surface area contributed by atoms with E-state index < -0.39 is 0 Å². The Balaban J connectivity index is 1.70. The smallest absolute Gasteiger partial charge is 0.0902 e. The standard InChI is InChI=1S/C13H25N3S/c14-13(17)12-6-1-2-10-16(12)11-5-9-15-7-3-4-8-15/h12H,1-11H2,(H2,14,17). The van der Waals surface area contributed by atoms with E-state index in [9.17, 15) is 0 Å². The third-order valence-electron chi connectivity index (χ3n) is 4.06. The summed E-state index contributed by atoms with van der Waals surface area (Å²) in [4.78, 5) is 5.78. The van der Waals surface area contributed by atoms with Crippen LogP contribution in [0.15, 0.2) is 0 Å². The number of hydrogen-bond acceptors (Lipinski definition) is 3. The molecular weight excluding hydrogens is 230 g/mol. The van der Waals surface area contributed by atoms with Gasteiger partial charge in [-0.2, -0.15) is 0 Å². The minimum absolute atomic E-state index is 0.373. The Morgan fingerprint density at radius 1 is 1.06 bits per heavy atom. The van der Waals surface area contributed by atoms with Crippen molar-refractivity contribution in [3.8, 4) is 0 Å². The van der Waals surface area contributed by atoms with Gasteiger partial charge in [-0.1, -0.05) is 18.6 Å². The van der Waals surface area contributed by atoms with Gasteiger partial charge in [0.25, 0.3) is 0 Å². The molecular formula is C13H25N3S. The highest BCUT2D eigenvalue weighted by Crippen LogP contribution is 2.18. The molecule has 3 nitrogen and oxygen atoms in total. The Kier molecular flexibility index (Phi) is 5.19. The van der Waals surface area contributed by atoms with Crippen molar-refractivity contribution in [3.05, 3.63) is 0 Å². The minimum Gasteiger partial charge on any atom is -0.392 e. The molecule has 0 bridgehead atoms. The summed E-state index contributed by atoms with van der Waals surface area (Å²) in [5.41, 5.74) is 5.83. The van der Waals surface area contributed by atoms with Crippen LogP contribution >= 0.6 is 12.2 Å². The van der Waals surface area contributed by atoms with E-state index in [4.69, 9.17) is 18.0 Å². The quantitative estimate of drug-likeness (QED) is 0.757. The van der Waals surface area contributed by atoms with Crippen LogP contribution in [-0.4, -0.2) is 53.6 Å². The van der Waals surface area contributed by atoms with Crippen LogP contribution in [0.5, 0.6) is 0 Å². The predicted octanol–water partition coefficient (Wildman–Crippen LogP) is 1.61. The second kappa shape index (κ2) is 6.66. The summed E-state index contributed by atoms with van der Waals surface area (Å²) in [6, 6.07) is 0.373. The molecule has 0 aromatic heterocycles. The average Bonchev–Trinajstić information content (AvgIpc) is 2.82. The van der Waals surface area contributed by atoms with E-state index in [1.165, 1.54) is 71.2 Å². The van der Waals surface area contributed by atoms with Crippen LogP contribution in [0.2, 0.25) is 0 Å². The molecule has 0 spiro atoms. The maximum Gasteiger partial charge on any atom is 0.0902 e. The van der Waals surface area contributed by atoms with Crippen LogP contribution < -0.4 is 5.73 Å². The van der Waals surface area contributed by atoms with Crippen LogP contribution in [0.1, 0.15) is 38.5 Å². The van der Waals surface area contributed by atoms with Crippen molar-refractivity contribution in [2.75, 3.05) is 32.7 Å². The van der Waals surface area contributed by atoms with E-state index in [1.54, 1.807) is 0 Å². The van der Waals surface area contributed by atoms with E-state index in [0.29, 0.717) is 11.0 Å². The first-order valence-corrected chi connectivity index (χ1v) is 7.44. The lowest BCUT2D eigenvalue weighted by Gasteiger charge is -2.35. The maximum atomic E-state index is 5.83. The van der Waals surface area contributed by atoms with Gasteiger partial charge in [0.1, 0.15) is 0 Å². The summed E-state index contributed by atoms with van der Waals surface area (Å²) < 4.78 is 0. The fraction of sp³-hybridized carbons (Fsp3) is 0.923. The van der Waals surface area contributed by atoms with E-state index in [0.717, 1.165) is 0 Å². The number of hydrogen-bond donors (Lipinski definition) is 1. The molecule has 0 aromatic rings. The fourth-order valence-corrected chi connectivity index (χ4v) is 3.35. The second-order valence-corrected chi connectivity index (χ2v) is 5.82. The summed E-state index contributed by atoms with van der Waals surface area (Å²) >= 11 is 5.18. The van der Waals surface area contributed by atoms with Crippen molar-refractivity contribution in [1.82, 2.24) is 9.80 Å². The van der Waals surface area contributed by atoms with Gasteiger partial charge in [-0.15, -0.1) is 0 Å². The molecule has 17 heavy (non-hydrogen) atoms. The maximum absolute atomic E-state index is 5.83. The van der Waals surface area contributed by atoms with Gasteiger partial charge in [-0.3, -0.25) is 4.90 Å². The first-order valence-electron chi connectivity index (χ1n) is 7.03. The molecule has 2 fully saturated rings. The molecule has 0 radical (unpaired) electrons. The highest BCUT2D eigenvalue weighted by Gasteiger charge is 2.24. The van der Waals surface area contributed by atoms with Gasteiger partial charge in [-0.05, 0) is 58.3 Å². The highest BCUT2D eigenvalue weighted by atomic mass is 32.1. The summed E-state index contributed by atoms with van der Waals surface area (Å²) in [6.45, 7) is 6.21. The molecule has 2 heterocycles. The van der Waals surface area contributed by atoms with Crippen LogP contribution in [0.25, 0.3) is 0 Å². The molecule has 2 rings (SSSR count). The average molecular weight is 255 g/mol. The Morgan fingerprint density at radius 3 is 2.47 bits per heavy atom. The van der Waals surface area contributed by atoms with E-state index in [2.05, 4.69) is 9.80 Å². The van der Waals surface area contributed by atoms with Crippen LogP contribution in [0, 0.1) is 0 Å². The first kappa shape index (κ1) is 13.2. The van der Waals surface area contributed by atoms with E-state index >= 15 is 0 Å². The van der Waals surface area contributed by atoms with Gasteiger partial charge >= 0.3 is 0 Å². The van der Waals surface area contributed by atoms with Gasteiger partial charge in [0.2, 0.25) is 0 Å². The van der Waals surface area contributed by atoms with Crippen LogP contribution in [-0.2, 0) is 0 Å². The van der Waals surface area contributed by atoms with Crippen molar-refractivity contribution in [2.24, 2.45) is 5.73 Å². The third-order valence-corrected chi connectivity index (χ3v) is 4.33. The molecule has 0 saturated carbocycles. The van der Waals surface area contributed by atoms with Gasteiger partial charge in [0.15, 0.2) is 0 Å². The number of likely N-dealkylation sites (tertiary alicyclic amines) is 2. The fourth-order valence-electron chi connectivity index (χ4n) is 3.08. The molecule has 2 aliphatic rings. The van der Waals surface area contributed by atoms with E-state index in [1.807, 2.05) is 0 Å². The van der Waals surface area contributed by atoms with Crippen LogP contribution in [0.4, 0.5) is 0 Å². The first-order chi connectivity index (χ1) is 8.27. The molecule has 4 heteroatoms. The molecule has 0 aromatic carbocycles. The summed E-state index contributed by atoms with van der Waals surface area (Å²) in [7, 11) is 0. The largest absolute Gasteiger partial charge is 0.392 e. The van der Waals surface area contributed by atoms with Crippen molar-refractivity contribution in [3.63, 3.8) is 0 Å².